The molecule has 1 unspecified atom stereocenters. The number of nitrogens with zero attached hydrogens (tertiary/aromatic N) is 4. The van der Waals surface area contributed by atoms with E-state index in [2.05, 4.69) is 15.1 Å². The summed E-state index contributed by atoms with van der Waals surface area (Å²) >= 11 is 0. The summed E-state index contributed by atoms with van der Waals surface area (Å²) in [6, 6.07) is 2.14. The third kappa shape index (κ3) is 6.30. The van der Waals surface area contributed by atoms with Crippen LogP contribution in [0.25, 0.3) is 0 Å². The van der Waals surface area contributed by atoms with Gasteiger partial charge < -0.3 is 19.4 Å². The number of likely N-dealkylation sites (tertiary alicyclic amines) is 1. The van der Waals surface area contributed by atoms with Gasteiger partial charge in [-0.25, -0.2) is 9.18 Å². The van der Waals surface area contributed by atoms with Crippen LogP contribution < -0.4 is 5.32 Å². The quantitative estimate of drug-likeness (QED) is 0.555. The Morgan fingerprint density at radius 3 is 2.25 bits per heavy atom. The molecule has 0 spiro atoms. The fourth-order valence-electron chi connectivity index (χ4n) is 6.25. The average molecular weight is 558 g/mol. The molecular formula is C29H40FN5O5. The first-order chi connectivity index (χ1) is 19.0. The molecule has 4 aliphatic heterocycles. The van der Waals surface area contributed by atoms with Gasteiger partial charge in [0.2, 0.25) is 11.8 Å². The van der Waals surface area contributed by atoms with Crippen LogP contribution in [0.2, 0.25) is 0 Å². The maximum absolute atomic E-state index is 14.7. The monoisotopic (exact) mass is 557 g/mol. The average Bonchev–Trinajstić information content (AvgIpc) is 3.22. The van der Waals surface area contributed by atoms with Gasteiger partial charge in [0.1, 0.15) is 17.5 Å². The van der Waals surface area contributed by atoms with Crippen LogP contribution in [0.15, 0.2) is 12.1 Å². The molecule has 1 atom stereocenters. The van der Waals surface area contributed by atoms with E-state index in [0.717, 1.165) is 63.2 Å². The summed E-state index contributed by atoms with van der Waals surface area (Å²) in [5.74, 6) is -1.41. The second-order valence-corrected chi connectivity index (χ2v) is 12.3. The smallest absolute Gasteiger partial charge is 0.410 e. The molecule has 40 heavy (non-hydrogen) atoms. The van der Waals surface area contributed by atoms with Crippen LogP contribution in [-0.4, -0.2) is 107 Å². The molecule has 4 aliphatic rings. The predicted octanol–water partition coefficient (Wildman–Crippen LogP) is 2.32. The van der Waals surface area contributed by atoms with Crippen molar-refractivity contribution in [3.8, 4) is 0 Å². The number of imide groups is 1. The summed E-state index contributed by atoms with van der Waals surface area (Å²) in [6.07, 6.45) is 1.97. The number of rotatable bonds is 5. The number of piperazine rings is 1. The van der Waals surface area contributed by atoms with Crippen molar-refractivity contribution in [2.24, 2.45) is 0 Å². The van der Waals surface area contributed by atoms with Crippen molar-refractivity contribution in [1.29, 1.82) is 0 Å². The minimum absolute atomic E-state index is 0.146. The van der Waals surface area contributed by atoms with Crippen molar-refractivity contribution in [2.45, 2.75) is 70.6 Å². The van der Waals surface area contributed by atoms with Crippen LogP contribution in [0, 0.1) is 5.82 Å². The van der Waals surface area contributed by atoms with Crippen molar-refractivity contribution in [1.82, 2.24) is 24.9 Å². The molecule has 0 aromatic heterocycles. The standard InChI is InChI=1S/C29H40FN5O5/c1-29(2,3)40-28(39)34-14-12-33(13-15-34)11-10-32-8-6-19(7-9-32)21-16-20(30)17-22-23(21)18-35(27(22)38)24-4-5-25(36)31-26(24)37/h16-17,19,24H,4-15,18H2,1-3H3,(H,31,36,37). The third-order valence-corrected chi connectivity index (χ3v) is 8.44. The van der Waals surface area contributed by atoms with Gasteiger partial charge in [-0.15, -0.1) is 0 Å². The predicted molar refractivity (Wildman–Crippen MR) is 145 cm³/mol. The van der Waals surface area contributed by atoms with Gasteiger partial charge in [-0.3, -0.25) is 24.6 Å². The van der Waals surface area contributed by atoms with Gasteiger partial charge in [-0.1, -0.05) is 0 Å². The van der Waals surface area contributed by atoms with Gasteiger partial charge in [0, 0.05) is 57.8 Å². The molecule has 218 valence electrons. The van der Waals surface area contributed by atoms with Crippen LogP contribution in [0.5, 0.6) is 0 Å². The van der Waals surface area contributed by atoms with Crippen molar-refractivity contribution in [2.75, 3.05) is 52.4 Å². The molecule has 0 radical (unpaired) electrons. The largest absolute Gasteiger partial charge is 0.444 e. The first-order valence-corrected chi connectivity index (χ1v) is 14.4. The Bertz CT molecular complexity index is 1170. The Kier molecular flexibility index (Phi) is 8.15. The minimum Gasteiger partial charge on any atom is -0.444 e. The van der Waals surface area contributed by atoms with Gasteiger partial charge >= 0.3 is 6.09 Å². The lowest BCUT2D eigenvalue weighted by Gasteiger charge is -2.38. The number of carbonyl (C=O) groups is 4. The Morgan fingerprint density at radius 1 is 0.975 bits per heavy atom. The highest BCUT2D eigenvalue weighted by atomic mass is 19.1. The molecule has 4 amide bonds. The molecule has 0 bridgehead atoms. The number of nitrogens with one attached hydrogen (secondary N) is 1. The van der Waals surface area contributed by atoms with Crippen molar-refractivity contribution in [3.05, 3.63) is 34.6 Å². The SMILES string of the molecule is CC(C)(C)OC(=O)N1CCN(CCN2CCC(c3cc(F)cc4c3CN(C3CCC(=O)NC3=O)C4=O)CC2)CC1. The van der Waals surface area contributed by atoms with Gasteiger partial charge in [0.05, 0.1) is 0 Å². The van der Waals surface area contributed by atoms with Crippen LogP contribution in [0.1, 0.15) is 73.9 Å². The highest BCUT2D eigenvalue weighted by Crippen LogP contribution is 2.37. The van der Waals surface area contributed by atoms with Crippen LogP contribution in [0.3, 0.4) is 0 Å². The Hall–Kier alpha value is -3.05. The summed E-state index contributed by atoms with van der Waals surface area (Å²) in [5, 5.41) is 2.32. The number of benzene rings is 1. The number of piperidine rings is 2. The lowest BCUT2D eigenvalue weighted by atomic mass is 9.85. The van der Waals surface area contributed by atoms with E-state index in [9.17, 15) is 23.6 Å². The normalized spacial score (nSPS) is 23.4. The van der Waals surface area contributed by atoms with Gasteiger partial charge in [-0.05, 0) is 82.3 Å². The Balaban J connectivity index is 1.13. The molecular weight excluding hydrogens is 517 g/mol. The zero-order valence-electron chi connectivity index (χ0n) is 23.7. The minimum atomic E-state index is -0.707. The van der Waals surface area contributed by atoms with E-state index in [1.807, 2.05) is 20.8 Å². The fraction of sp³-hybridized carbons (Fsp3) is 0.655. The van der Waals surface area contributed by atoms with Crippen molar-refractivity contribution >= 4 is 23.8 Å². The molecule has 1 aromatic carbocycles. The maximum atomic E-state index is 14.7. The van der Waals surface area contributed by atoms with E-state index >= 15 is 0 Å². The molecule has 11 heteroatoms. The summed E-state index contributed by atoms with van der Waals surface area (Å²) in [4.78, 5) is 57.5. The summed E-state index contributed by atoms with van der Waals surface area (Å²) in [5.41, 5.74) is 1.54. The lowest BCUT2D eigenvalue weighted by Crippen LogP contribution is -2.52. The van der Waals surface area contributed by atoms with E-state index in [-0.39, 0.29) is 43.2 Å². The van der Waals surface area contributed by atoms with Gasteiger partial charge in [0.15, 0.2) is 0 Å². The molecule has 3 saturated heterocycles. The lowest BCUT2D eigenvalue weighted by molar-refractivity contribution is -0.136. The molecule has 10 nitrogen and oxygen atoms in total. The zero-order valence-corrected chi connectivity index (χ0v) is 23.7. The van der Waals surface area contributed by atoms with Gasteiger partial charge in [0.25, 0.3) is 5.91 Å². The zero-order chi connectivity index (χ0) is 28.6. The maximum Gasteiger partial charge on any atom is 0.410 e. The number of amides is 4. The molecule has 0 aliphatic carbocycles. The van der Waals surface area contributed by atoms with E-state index in [1.165, 1.54) is 11.0 Å². The van der Waals surface area contributed by atoms with E-state index in [1.54, 1.807) is 11.0 Å². The molecule has 1 aromatic rings. The number of halogens is 1. The summed E-state index contributed by atoms with van der Waals surface area (Å²) in [6.45, 7) is 12.5. The third-order valence-electron chi connectivity index (χ3n) is 8.44. The summed E-state index contributed by atoms with van der Waals surface area (Å²) < 4.78 is 20.2. The second kappa shape index (κ2) is 11.4. The highest BCUT2D eigenvalue weighted by Gasteiger charge is 2.41. The Labute approximate surface area is 234 Å². The molecule has 5 rings (SSSR count). The van der Waals surface area contributed by atoms with E-state index < -0.39 is 23.4 Å². The second-order valence-electron chi connectivity index (χ2n) is 12.3. The molecule has 3 fully saturated rings. The molecule has 1 N–H and O–H groups in total. The highest BCUT2D eigenvalue weighted by molar-refractivity contribution is 6.05. The number of fused-ring (bicyclic) bond motifs is 1. The first kappa shape index (κ1) is 28.5. The van der Waals surface area contributed by atoms with E-state index in [4.69, 9.17) is 4.74 Å². The number of ether oxygens (including phenoxy) is 1. The fourth-order valence-corrected chi connectivity index (χ4v) is 6.25. The number of carbonyl (C=O) groups excluding carboxylic acids is 4. The van der Waals surface area contributed by atoms with Crippen molar-refractivity contribution in [3.63, 3.8) is 0 Å². The number of hydrogen-bond donors (Lipinski definition) is 1. The van der Waals surface area contributed by atoms with Crippen LogP contribution in [-0.2, 0) is 20.9 Å². The molecule has 4 heterocycles. The topological polar surface area (TPSA) is 102 Å². The van der Waals surface area contributed by atoms with E-state index in [0.29, 0.717) is 18.7 Å². The Morgan fingerprint density at radius 2 is 1.62 bits per heavy atom. The molecule has 0 saturated carbocycles. The summed E-state index contributed by atoms with van der Waals surface area (Å²) in [7, 11) is 0. The van der Waals surface area contributed by atoms with Gasteiger partial charge in [-0.2, -0.15) is 0 Å². The van der Waals surface area contributed by atoms with Crippen molar-refractivity contribution < 1.29 is 28.3 Å². The first-order valence-electron chi connectivity index (χ1n) is 14.4. The van der Waals surface area contributed by atoms with Crippen LogP contribution >= 0.6 is 0 Å². The van der Waals surface area contributed by atoms with Crippen LogP contribution in [0.4, 0.5) is 9.18 Å². The number of hydrogen-bond acceptors (Lipinski definition) is 7.